The number of hydrogen-bond acceptors (Lipinski definition) is 2. The molecule has 1 heterocycles. The van der Waals surface area contributed by atoms with Crippen molar-refractivity contribution in [3.05, 3.63) is 0 Å². The number of thiol groups is 1. The summed E-state index contributed by atoms with van der Waals surface area (Å²) < 4.78 is 0. The molecule has 0 radical (unpaired) electrons. The molecule has 0 bridgehead atoms. The van der Waals surface area contributed by atoms with Crippen LogP contribution < -0.4 is 5.32 Å². The molecule has 0 saturated carbocycles. The molecule has 2 amide bonds. The molecule has 13 heavy (non-hydrogen) atoms. The molecule has 76 valence electrons. The van der Waals surface area contributed by atoms with Gasteiger partial charge in [-0.15, -0.1) is 0 Å². The van der Waals surface area contributed by atoms with Gasteiger partial charge in [-0.05, 0) is 5.41 Å². The molecule has 0 aromatic rings. The number of hydrogen-bond donors (Lipinski definition) is 2. The van der Waals surface area contributed by atoms with E-state index in [-0.39, 0.29) is 17.5 Å². The lowest BCUT2D eigenvalue weighted by molar-refractivity contribution is 0.220. The van der Waals surface area contributed by atoms with Gasteiger partial charge in [-0.1, -0.05) is 20.8 Å². The van der Waals surface area contributed by atoms with Crippen molar-refractivity contribution in [2.45, 2.75) is 26.8 Å². The highest BCUT2D eigenvalue weighted by atomic mass is 32.1. The van der Waals surface area contributed by atoms with Gasteiger partial charge in [0.2, 0.25) is 0 Å². The molecule has 1 atom stereocenters. The molecule has 1 saturated heterocycles. The molecule has 0 spiro atoms. The summed E-state index contributed by atoms with van der Waals surface area (Å²) in [6.45, 7) is 7.97. The van der Waals surface area contributed by atoms with E-state index in [0.717, 1.165) is 18.8 Å². The molecule has 3 nitrogen and oxygen atoms in total. The first-order chi connectivity index (χ1) is 5.95. The fraction of sp³-hybridized carbons (Fsp3) is 0.889. The van der Waals surface area contributed by atoms with E-state index in [4.69, 9.17) is 0 Å². The van der Waals surface area contributed by atoms with Gasteiger partial charge in [0.25, 0.3) is 0 Å². The Morgan fingerprint density at radius 1 is 1.62 bits per heavy atom. The SMILES string of the molecule is CC(C)(C)C1CN(CCS)C(=O)N1. The third-order valence-corrected chi connectivity index (χ3v) is 2.60. The lowest BCUT2D eigenvalue weighted by Crippen LogP contribution is -2.38. The summed E-state index contributed by atoms with van der Waals surface area (Å²) in [7, 11) is 0. The average molecular weight is 202 g/mol. The first kappa shape index (κ1) is 10.7. The second-order valence-corrected chi connectivity index (χ2v) is 4.98. The van der Waals surface area contributed by atoms with Crippen LogP contribution in [0.15, 0.2) is 0 Å². The van der Waals surface area contributed by atoms with Gasteiger partial charge in [-0.25, -0.2) is 4.79 Å². The maximum absolute atomic E-state index is 11.4. The summed E-state index contributed by atoms with van der Waals surface area (Å²) in [5, 5.41) is 2.98. The molecule has 1 N–H and O–H groups in total. The van der Waals surface area contributed by atoms with Gasteiger partial charge in [0.1, 0.15) is 0 Å². The van der Waals surface area contributed by atoms with Crippen LogP contribution in [0.4, 0.5) is 4.79 Å². The minimum atomic E-state index is 0.0500. The first-order valence-electron chi connectivity index (χ1n) is 4.61. The highest BCUT2D eigenvalue weighted by molar-refractivity contribution is 7.80. The zero-order valence-electron chi connectivity index (χ0n) is 8.50. The number of nitrogens with one attached hydrogen (secondary N) is 1. The lowest BCUT2D eigenvalue weighted by Gasteiger charge is -2.25. The Balaban J connectivity index is 2.55. The van der Waals surface area contributed by atoms with Crippen molar-refractivity contribution < 1.29 is 4.79 Å². The van der Waals surface area contributed by atoms with Crippen molar-refractivity contribution in [3.63, 3.8) is 0 Å². The third-order valence-electron chi connectivity index (χ3n) is 2.40. The molecule has 1 unspecified atom stereocenters. The van der Waals surface area contributed by atoms with Gasteiger partial charge in [-0.2, -0.15) is 12.6 Å². The van der Waals surface area contributed by atoms with E-state index in [1.165, 1.54) is 0 Å². The zero-order chi connectivity index (χ0) is 10.1. The van der Waals surface area contributed by atoms with Gasteiger partial charge in [-0.3, -0.25) is 0 Å². The highest BCUT2D eigenvalue weighted by Gasteiger charge is 2.35. The van der Waals surface area contributed by atoms with E-state index in [9.17, 15) is 4.79 Å². The Hall–Kier alpha value is -0.380. The zero-order valence-corrected chi connectivity index (χ0v) is 9.40. The largest absolute Gasteiger partial charge is 0.333 e. The Labute approximate surface area is 85.3 Å². The van der Waals surface area contributed by atoms with E-state index < -0.39 is 0 Å². The number of amides is 2. The topological polar surface area (TPSA) is 32.3 Å². The van der Waals surface area contributed by atoms with Crippen LogP contribution in [-0.4, -0.2) is 35.8 Å². The number of urea groups is 1. The average Bonchev–Trinajstić information content (AvgIpc) is 2.32. The van der Waals surface area contributed by atoms with Crippen molar-refractivity contribution in [2.75, 3.05) is 18.8 Å². The fourth-order valence-electron chi connectivity index (χ4n) is 1.39. The van der Waals surface area contributed by atoms with Crippen LogP contribution in [0.1, 0.15) is 20.8 Å². The van der Waals surface area contributed by atoms with Crippen LogP contribution >= 0.6 is 12.6 Å². The molecular formula is C9H18N2OS. The molecule has 1 aliphatic heterocycles. The fourth-order valence-corrected chi connectivity index (χ4v) is 1.63. The molecule has 4 heteroatoms. The molecule has 0 aromatic heterocycles. The lowest BCUT2D eigenvalue weighted by atomic mass is 9.87. The summed E-state index contributed by atoms with van der Waals surface area (Å²) in [6, 6.07) is 0.314. The highest BCUT2D eigenvalue weighted by Crippen LogP contribution is 2.23. The Morgan fingerprint density at radius 3 is 2.62 bits per heavy atom. The van der Waals surface area contributed by atoms with Crippen LogP contribution in [0.5, 0.6) is 0 Å². The minimum Gasteiger partial charge on any atom is -0.333 e. The van der Waals surface area contributed by atoms with Crippen molar-refractivity contribution in [1.82, 2.24) is 10.2 Å². The molecule has 0 aromatic carbocycles. The number of carbonyl (C=O) groups excluding carboxylic acids is 1. The van der Waals surface area contributed by atoms with E-state index in [1.54, 1.807) is 0 Å². The van der Waals surface area contributed by atoms with Gasteiger partial charge in [0, 0.05) is 18.8 Å². The number of nitrogens with zero attached hydrogens (tertiary/aromatic N) is 1. The summed E-state index contributed by atoms with van der Waals surface area (Å²) >= 11 is 4.12. The molecule has 1 rings (SSSR count). The van der Waals surface area contributed by atoms with Crippen molar-refractivity contribution in [1.29, 1.82) is 0 Å². The summed E-state index contributed by atoms with van der Waals surface area (Å²) in [6.07, 6.45) is 0. The Morgan fingerprint density at radius 2 is 2.23 bits per heavy atom. The van der Waals surface area contributed by atoms with E-state index in [0.29, 0.717) is 0 Å². The van der Waals surface area contributed by atoms with Crippen molar-refractivity contribution in [3.8, 4) is 0 Å². The predicted molar refractivity (Wildman–Crippen MR) is 57.2 cm³/mol. The van der Waals surface area contributed by atoms with Crippen LogP contribution in [-0.2, 0) is 0 Å². The quantitative estimate of drug-likeness (QED) is 0.651. The van der Waals surface area contributed by atoms with Gasteiger partial charge in [0.15, 0.2) is 0 Å². The number of carbonyl (C=O) groups is 1. The molecule has 1 aliphatic rings. The molecule has 1 fully saturated rings. The molecular weight excluding hydrogens is 184 g/mol. The van der Waals surface area contributed by atoms with Gasteiger partial charge < -0.3 is 10.2 Å². The number of rotatable bonds is 2. The van der Waals surface area contributed by atoms with Crippen LogP contribution in [0.2, 0.25) is 0 Å². The van der Waals surface area contributed by atoms with Crippen LogP contribution in [0.25, 0.3) is 0 Å². The Bertz CT molecular complexity index is 200. The van der Waals surface area contributed by atoms with Crippen LogP contribution in [0.3, 0.4) is 0 Å². The Kier molecular flexibility index (Phi) is 3.11. The van der Waals surface area contributed by atoms with Crippen molar-refractivity contribution in [2.24, 2.45) is 5.41 Å². The normalized spacial score (nSPS) is 23.5. The van der Waals surface area contributed by atoms with Gasteiger partial charge >= 0.3 is 6.03 Å². The predicted octanol–water partition coefficient (Wildman–Crippen LogP) is 1.36. The second kappa shape index (κ2) is 3.78. The maximum Gasteiger partial charge on any atom is 0.317 e. The summed E-state index contributed by atoms with van der Waals surface area (Å²) in [5.41, 5.74) is 0.140. The second-order valence-electron chi connectivity index (χ2n) is 4.54. The van der Waals surface area contributed by atoms with E-state index in [2.05, 4.69) is 38.7 Å². The monoisotopic (exact) mass is 202 g/mol. The third kappa shape index (κ3) is 2.53. The van der Waals surface area contributed by atoms with E-state index >= 15 is 0 Å². The maximum atomic E-state index is 11.4. The summed E-state index contributed by atoms with van der Waals surface area (Å²) in [4.78, 5) is 13.2. The smallest absolute Gasteiger partial charge is 0.317 e. The first-order valence-corrected chi connectivity index (χ1v) is 5.24. The standard InChI is InChI=1S/C9H18N2OS/c1-9(2,3)7-6-11(4-5-13)8(12)10-7/h7,13H,4-6H2,1-3H3,(H,10,12). The van der Waals surface area contributed by atoms with Crippen LogP contribution in [0, 0.1) is 5.41 Å². The van der Waals surface area contributed by atoms with Crippen molar-refractivity contribution >= 4 is 18.7 Å². The minimum absolute atomic E-state index is 0.0500. The molecule has 0 aliphatic carbocycles. The van der Waals surface area contributed by atoms with Gasteiger partial charge in [0.05, 0.1) is 6.04 Å². The summed E-state index contributed by atoms with van der Waals surface area (Å²) in [5.74, 6) is 0.726. The van der Waals surface area contributed by atoms with E-state index in [1.807, 2.05) is 4.90 Å².